The molecule has 0 bridgehead atoms. The zero-order valence-corrected chi connectivity index (χ0v) is 17.7. The third kappa shape index (κ3) is 3.73. The lowest BCUT2D eigenvalue weighted by Gasteiger charge is -2.22. The Kier molecular flexibility index (Phi) is 5.18. The van der Waals surface area contributed by atoms with Crippen molar-refractivity contribution in [3.63, 3.8) is 0 Å². The number of nitrogens with one attached hydrogen (secondary N) is 1. The molecule has 1 aliphatic heterocycles. The third-order valence-corrected chi connectivity index (χ3v) is 6.45. The first-order chi connectivity index (χ1) is 12.9. The maximum absolute atomic E-state index is 13.3. The van der Waals surface area contributed by atoms with E-state index in [-0.39, 0.29) is 32.8 Å². The first kappa shape index (κ1) is 20.6. The van der Waals surface area contributed by atoms with Crippen LogP contribution >= 0.6 is 11.6 Å². The number of amides is 1. The molecular weight excluding hydrogens is 403 g/mol. The second-order valence-corrected chi connectivity index (χ2v) is 9.97. The highest BCUT2D eigenvalue weighted by atomic mass is 35.5. The zero-order chi connectivity index (χ0) is 20.9. The highest BCUT2D eigenvalue weighted by Crippen LogP contribution is 2.42. The number of carbonyl (C=O) groups excluding carboxylic acids is 1. The summed E-state index contributed by atoms with van der Waals surface area (Å²) < 4.78 is 41.3. The number of rotatable bonds is 4. The molecule has 1 N–H and O–H groups in total. The van der Waals surface area contributed by atoms with Crippen molar-refractivity contribution >= 4 is 38.9 Å². The Bertz CT molecular complexity index is 1050. The minimum Gasteiger partial charge on any atom is -0.311 e. The van der Waals surface area contributed by atoms with E-state index in [1.165, 1.54) is 18.2 Å². The van der Waals surface area contributed by atoms with Crippen LogP contribution in [-0.4, -0.2) is 20.9 Å². The minimum absolute atomic E-state index is 0.00140. The summed E-state index contributed by atoms with van der Waals surface area (Å²) in [5.74, 6) is -0.782. The largest absolute Gasteiger partial charge is 0.311 e. The van der Waals surface area contributed by atoms with E-state index in [1.807, 2.05) is 27.7 Å². The summed E-state index contributed by atoms with van der Waals surface area (Å²) in [6.45, 7) is 8.11. The van der Waals surface area contributed by atoms with Gasteiger partial charge in [-0.25, -0.2) is 12.8 Å². The predicted molar refractivity (Wildman–Crippen MR) is 109 cm³/mol. The molecule has 5 nitrogen and oxygen atoms in total. The molecule has 0 spiro atoms. The van der Waals surface area contributed by atoms with Gasteiger partial charge in [0.2, 0.25) is 5.91 Å². The van der Waals surface area contributed by atoms with E-state index in [4.69, 9.17) is 11.6 Å². The van der Waals surface area contributed by atoms with Crippen LogP contribution in [0.15, 0.2) is 41.3 Å². The van der Waals surface area contributed by atoms with E-state index >= 15 is 0 Å². The van der Waals surface area contributed by atoms with E-state index in [0.29, 0.717) is 6.54 Å². The smallest absolute Gasteiger partial charge is 0.261 e. The fourth-order valence-corrected chi connectivity index (χ4v) is 4.56. The SMILES string of the molecule is CC(C)C(=O)N1CC(C)(C)c2cc(S(=O)(=O)Nc3ccc(F)c(Cl)c3)ccc21. The molecule has 0 saturated heterocycles. The second kappa shape index (κ2) is 7.04. The van der Waals surface area contributed by atoms with Crippen LogP contribution in [0.25, 0.3) is 0 Å². The molecule has 28 heavy (non-hydrogen) atoms. The molecule has 2 aromatic rings. The fourth-order valence-electron chi connectivity index (χ4n) is 3.31. The van der Waals surface area contributed by atoms with Crippen molar-refractivity contribution in [1.29, 1.82) is 0 Å². The number of carbonyl (C=O) groups is 1. The summed E-state index contributed by atoms with van der Waals surface area (Å²) in [6, 6.07) is 8.34. The van der Waals surface area contributed by atoms with Crippen molar-refractivity contribution in [2.45, 2.75) is 38.0 Å². The molecule has 2 aromatic carbocycles. The summed E-state index contributed by atoms with van der Waals surface area (Å²) in [5.41, 5.74) is 1.31. The topological polar surface area (TPSA) is 66.5 Å². The maximum atomic E-state index is 13.3. The number of nitrogens with zero attached hydrogens (tertiary/aromatic N) is 1. The number of anilines is 2. The van der Waals surface area contributed by atoms with Gasteiger partial charge in [-0.05, 0) is 42.0 Å². The van der Waals surface area contributed by atoms with Gasteiger partial charge >= 0.3 is 0 Å². The number of benzene rings is 2. The first-order valence-electron chi connectivity index (χ1n) is 8.86. The molecule has 0 radical (unpaired) electrons. The normalized spacial score (nSPS) is 15.6. The van der Waals surface area contributed by atoms with Gasteiger partial charge in [0, 0.05) is 23.6 Å². The third-order valence-electron chi connectivity index (χ3n) is 4.78. The number of fused-ring (bicyclic) bond motifs is 1. The van der Waals surface area contributed by atoms with Gasteiger partial charge in [0.1, 0.15) is 5.82 Å². The molecule has 0 aromatic heterocycles. The highest BCUT2D eigenvalue weighted by molar-refractivity contribution is 7.92. The molecule has 0 fully saturated rings. The average Bonchev–Trinajstić information content (AvgIpc) is 2.88. The van der Waals surface area contributed by atoms with Crippen molar-refractivity contribution in [2.75, 3.05) is 16.2 Å². The molecular formula is C20H22ClFN2O3S. The van der Waals surface area contributed by atoms with Gasteiger partial charge in [0.25, 0.3) is 10.0 Å². The van der Waals surface area contributed by atoms with Gasteiger partial charge in [-0.15, -0.1) is 0 Å². The predicted octanol–water partition coefficient (Wildman–Crippen LogP) is 4.56. The summed E-state index contributed by atoms with van der Waals surface area (Å²) >= 11 is 5.73. The summed E-state index contributed by atoms with van der Waals surface area (Å²) in [6.07, 6.45) is 0. The monoisotopic (exact) mass is 424 g/mol. The Morgan fingerprint density at radius 2 is 1.89 bits per heavy atom. The molecule has 0 atom stereocenters. The number of halogens is 2. The summed E-state index contributed by atoms with van der Waals surface area (Å²) in [7, 11) is -3.90. The van der Waals surface area contributed by atoms with Crippen LogP contribution in [-0.2, 0) is 20.2 Å². The molecule has 0 aliphatic carbocycles. The zero-order valence-electron chi connectivity index (χ0n) is 16.1. The van der Waals surface area contributed by atoms with Crippen molar-refractivity contribution in [3.8, 4) is 0 Å². The van der Waals surface area contributed by atoms with Crippen LogP contribution < -0.4 is 9.62 Å². The Labute approximate surface area is 169 Å². The Hall–Kier alpha value is -2.12. The average molecular weight is 425 g/mol. The van der Waals surface area contributed by atoms with Crippen LogP contribution in [0, 0.1) is 11.7 Å². The number of sulfonamides is 1. The maximum Gasteiger partial charge on any atom is 0.261 e. The fraction of sp³-hybridized carbons (Fsp3) is 0.350. The van der Waals surface area contributed by atoms with Crippen LogP contribution in [0.1, 0.15) is 33.3 Å². The summed E-state index contributed by atoms with van der Waals surface area (Å²) in [4.78, 5) is 14.3. The van der Waals surface area contributed by atoms with Crippen LogP contribution in [0.3, 0.4) is 0 Å². The van der Waals surface area contributed by atoms with Gasteiger partial charge in [-0.1, -0.05) is 39.3 Å². The highest BCUT2D eigenvalue weighted by Gasteiger charge is 2.39. The molecule has 150 valence electrons. The van der Waals surface area contributed by atoms with Crippen LogP contribution in [0.4, 0.5) is 15.8 Å². The van der Waals surface area contributed by atoms with Crippen LogP contribution in [0.2, 0.25) is 5.02 Å². The molecule has 1 heterocycles. The van der Waals surface area contributed by atoms with Crippen molar-refractivity contribution < 1.29 is 17.6 Å². The van der Waals surface area contributed by atoms with Gasteiger partial charge in [0.05, 0.1) is 15.6 Å². The van der Waals surface area contributed by atoms with E-state index in [2.05, 4.69) is 4.72 Å². The first-order valence-corrected chi connectivity index (χ1v) is 10.7. The van der Waals surface area contributed by atoms with Gasteiger partial charge in [0.15, 0.2) is 0 Å². The molecule has 0 saturated carbocycles. The summed E-state index contributed by atoms with van der Waals surface area (Å²) in [5, 5.41) is -0.168. The molecule has 1 amide bonds. The quantitative estimate of drug-likeness (QED) is 0.782. The van der Waals surface area contributed by atoms with E-state index in [0.717, 1.165) is 17.3 Å². The standard InChI is InChI=1S/C20H22ClFN2O3S/c1-12(2)19(25)24-11-20(3,4)15-10-14(6-8-18(15)24)28(26,27)23-13-5-7-17(22)16(21)9-13/h5-10,12,23H,11H2,1-4H3. The Balaban J connectivity index is 1.98. The lowest BCUT2D eigenvalue weighted by Crippen LogP contribution is -2.36. The lowest BCUT2D eigenvalue weighted by atomic mass is 9.87. The number of hydrogen-bond donors (Lipinski definition) is 1. The van der Waals surface area contributed by atoms with Gasteiger partial charge in [-0.3, -0.25) is 9.52 Å². The van der Waals surface area contributed by atoms with Crippen molar-refractivity contribution in [1.82, 2.24) is 0 Å². The Morgan fingerprint density at radius 1 is 1.21 bits per heavy atom. The van der Waals surface area contributed by atoms with Gasteiger partial charge < -0.3 is 4.90 Å². The van der Waals surface area contributed by atoms with Crippen molar-refractivity contribution in [2.24, 2.45) is 5.92 Å². The second-order valence-electron chi connectivity index (χ2n) is 7.88. The van der Waals surface area contributed by atoms with E-state index < -0.39 is 15.8 Å². The minimum atomic E-state index is -3.90. The van der Waals surface area contributed by atoms with Crippen LogP contribution in [0.5, 0.6) is 0 Å². The van der Waals surface area contributed by atoms with E-state index in [9.17, 15) is 17.6 Å². The molecule has 8 heteroatoms. The Morgan fingerprint density at radius 3 is 2.50 bits per heavy atom. The molecule has 1 aliphatic rings. The number of hydrogen-bond acceptors (Lipinski definition) is 3. The molecule has 3 rings (SSSR count). The van der Waals surface area contributed by atoms with E-state index in [1.54, 1.807) is 17.0 Å². The molecule has 0 unspecified atom stereocenters. The van der Waals surface area contributed by atoms with Gasteiger partial charge in [-0.2, -0.15) is 0 Å². The van der Waals surface area contributed by atoms with Crippen molar-refractivity contribution in [3.05, 3.63) is 52.8 Å². The lowest BCUT2D eigenvalue weighted by molar-refractivity contribution is -0.121.